The summed E-state index contributed by atoms with van der Waals surface area (Å²) >= 11 is 0. The summed E-state index contributed by atoms with van der Waals surface area (Å²) in [7, 11) is 0. The van der Waals surface area contributed by atoms with Crippen LogP contribution in [0.1, 0.15) is 46.9 Å². The van der Waals surface area contributed by atoms with E-state index in [9.17, 15) is 9.59 Å². The fraction of sp³-hybridized carbons (Fsp3) is 0.300. The van der Waals surface area contributed by atoms with E-state index in [2.05, 4.69) is 17.6 Å². The molecular formula is C20H25N3O2. The van der Waals surface area contributed by atoms with Gasteiger partial charge in [0.25, 0.3) is 11.8 Å². The van der Waals surface area contributed by atoms with Crippen molar-refractivity contribution in [3.8, 4) is 0 Å². The Morgan fingerprint density at radius 2 is 1.60 bits per heavy atom. The first-order valence-electron chi connectivity index (χ1n) is 8.61. The molecule has 0 saturated carbocycles. The fourth-order valence-electron chi connectivity index (χ4n) is 2.47. The van der Waals surface area contributed by atoms with Crippen LogP contribution in [0, 0.1) is 0 Å². The van der Waals surface area contributed by atoms with Crippen molar-refractivity contribution in [1.29, 1.82) is 0 Å². The molecule has 2 aromatic rings. The average Bonchev–Trinajstić information content (AvgIpc) is 2.66. The highest BCUT2D eigenvalue weighted by Crippen LogP contribution is 2.12. The molecule has 5 heteroatoms. The van der Waals surface area contributed by atoms with Crippen LogP contribution >= 0.6 is 0 Å². The largest absolute Gasteiger partial charge is 0.348 e. The molecule has 0 aliphatic heterocycles. The van der Waals surface area contributed by atoms with Gasteiger partial charge in [-0.1, -0.05) is 38.0 Å². The molecule has 0 aromatic heterocycles. The Hall–Kier alpha value is -2.66. The van der Waals surface area contributed by atoms with Gasteiger partial charge in [-0.15, -0.1) is 0 Å². The number of hydrogen-bond donors (Lipinski definition) is 3. The lowest BCUT2D eigenvalue weighted by molar-refractivity contribution is 0.0935. The number of nitrogens with one attached hydrogen (secondary N) is 2. The molecular weight excluding hydrogens is 314 g/mol. The third-order valence-electron chi connectivity index (χ3n) is 3.97. The van der Waals surface area contributed by atoms with Gasteiger partial charge in [0.1, 0.15) is 0 Å². The fourth-order valence-corrected chi connectivity index (χ4v) is 2.47. The Kier molecular flexibility index (Phi) is 7.16. The van der Waals surface area contributed by atoms with E-state index in [1.807, 2.05) is 18.2 Å². The van der Waals surface area contributed by atoms with Crippen molar-refractivity contribution >= 4 is 17.5 Å². The highest BCUT2D eigenvalue weighted by Gasteiger charge is 2.12. The summed E-state index contributed by atoms with van der Waals surface area (Å²) in [6.07, 6.45) is 2.98. The monoisotopic (exact) mass is 339 g/mol. The number of rotatable bonds is 8. The Morgan fingerprint density at radius 3 is 2.20 bits per heavy atom. The molecule has 1 atom stereocenters. The van der Waals surface area contributed by atoms with Crippen LogP contribution in [0.5, 0.6) is 0 Å². The zero-order valence-corrected chi connectivity index (χ0v) is 14.5. The highest BCUT2D eigenvalue weighted by atomic mass is 16.2. The van der Waals surface area contributed by atoms with Gasteiger partial charge in [0.05, 0.1) is 0 Å². The predicted octanol–water partition coefficient (Wildman–Crippen LogP) is 3.19. The maximum atomic E-state index is 12.3. The summed E-state index contributed by atoms with van der Waals surface area (Å²) in [6.45, 7) is 2.54. The van der Waals surface area contributed by atoms with Gasteiger partial charge in [0.15, 0.2) is 0 Å². The van der Waals surface area contributed by atoms with Crippen molar-refractivity contribution in [3.63, 3.8) is 0 Å². The molecule has 25 heavy (non-hydrogen) atoms. The van der Waals surface area contributed by atoms with Gasteiger partial charge in [-0.3, -0.25) is 9.59 Å². The number of amides is 2. The van der Waals surface area contributed by atoms with Crippen LogP contribution in [0.2, 0.25) is 0 Å². The summed E-state index contributed by atoms with van der Waals surface area (Å²) in [4.78, 5) is 24.4. The Balaban J connectivity index is 1.94. The number of nitrogens with two attached hydrogens (primary N) is 1. The molecule has 0 bridgehead atoms. The van der Waals surface area contributed by atoms with Crippen molar-refractivity contribution in [3.05, 3.63) is 65.7 Å². The van der Waals surface area contributed by atoms with Gasteiger partial charge in [-0.25, -0.2) is 0 Å². The first-order chi connectivity index (χ1) is 12.1. The molecule has 0 saturated heterocycles. The smallest absolute Gasteiger partial charge is 0.255 e. The van der Waals surface area contributed by atoms with Gasteiger partial charge >= 0.3 is 0 Å². The number of anilines is 1. The van der Waals surface area contributed by atoms with Gasteiger partial charge in [0.2, 0.25) is 0 Å². The van der Waals surface area contributed by atoms with Gasteiger partial charge in [0, 0.05) is 29.4 Å². The SMILES string of the molecule is CCCCC(CN)NC(=O)c1ccc(NC(=O)c2ccccc2)cc1. The van der Waals surface area contributed by atoms with Crippen molar-refractivity contribution in [1.82, 2.24) is 5.32 Å². The summed E-state index contributed by atoms with van der Waals surface area (Å²) in [5.41, 5.74) is 7.49. The molecule has 0 spiro atoms. The van der Waals surface area contributed by atoms with Crippen molar-refractivity contribution in [2.45, 2.75) is 32.2 Å². The number of unbranched alkanes of at least 4 members (excludes halogenated alkanes) is 1. The number of benzene rings is 2. The van der Waals surface area contributed by atoms with Crippen LogP contribution in [-0.2, 0) is 0 Å². The molecule has 132 valence electrons. The number of carbonyl (C=O) groups excluding carboxylic acids is 2. The van der Waals surface area contributed by atoms with Gasteiger partial charge < -0.3 is 16.4 Å². The Labute approximate surface area is 148 Å². The van der Waals surface area contributed by atoms with E-state index in [-0.39, 0.29) is 17.9 Å². The van der Waals surface area contributed by atoms with Crippen molar-refractivity contribution in [2.75, 3.05) is 11.9 Å². The van der Waals surface area contributed by atoms with Crippen LogP contribution in [0.3, 0.4) is 0 Å². The second-order valence-corrected chi connectivity index (χ2v) is 5.95. The molecule has 0 radical (unpaired) electrons. The summed E-state index contributed by atoms with van der Waals surface area (Å²) < 4.78 is 0. The first-order valence-corrected chi connectivity index (χ1v) is 8.61. The summed E-state index contributed by atoms with van der Waals surface area (Å²) in [5, 5.41) is 5.77. The second-order valence-electron chi connectivity index (χ2n) is 5.95. The van der Waals surface area contributed by atoms with E-state index in [1.165, 1.54) is 0 Å². The van der Waals surface area contributed by atoms with Gasteiger partial charge in [-0.2, -0.15) is 0 Å². The lowest BCUT2D eigenvalue weighted by atomic mass is 10.1. The summed E-state index contributed by atoms with van der Waals surface area (Å²) in [5.74, 6) is -0.326. The Bertz CT molecular complexity index is 684. The standard InChI is InChI=1S/C20H25N3O2/c1-2-3-9-18(14-21)23-20(25)16-10-12-17(13-11-16)22-19(24)15-7-5-4-6-8-15/h4-8,10-13,18H,2-3,9,14,21H2,1H3,(H,22,24)(H,23,25). The average molecular weight is 339 g/mol. The molecule has 2 rings (SSSR count). The predicted molar refractivity (Wildman–Crippen MR) is 101 cm³/mol. The Morgan fingerprint density at radius 1 is 0.960 bits per heavy atom. The van der Waals surface area contributed by atoms with Crippen LogP contribution in [-0.4, -0.2) is 24.4 Å². The summed E-state index contributed by atoms with van der Waals surface area (Å²) in [6, 6.07) is 15.8. The van der Waals surface area contributed by atoms with E-state index in [1.54, 1.807) is 36.4 Å². The molecule has 2 aromatic carbocycles. The minimum absolute atomic E-state index is 0.00934. The number of carbonyl (C=O) groups is 2. The quantitative estimate of drug-likeness (QED) is 0.690. The molecule has 0 fully saturated rings. The van der Waals surface area contributed by atoms with Crippen LogP contribution < -0.4 is 16.4 Å². The van der Waals surface area contributed by atoms with E-state index in [0.29, 0.717) is 23.4 Å². The molecule has 0 heterocycles. The highest BCUT2D eigenvalue weighted by molar-refractivity contribution is 6.04. The molecule has 2 amide bonds. The lowest BCUT2D eigenvalue weighted by Gasteiger charge is -2.16. The maximum Gasteiger partial charge on any atom is 0.255 e. The minimum atomic E-state index is -0.180. The number of hydrogen-bond acceptors (Lipinski definition) is 3. The van der Waals surface area contributed by atoms with Crippen molar-refractivity contribution in [2.24, 2.45) is 5.73 Å². The van der Waals surface area contributed by atoms with Crippen LogP contribution in [0.15, 0.2) is 54.6 Å². The van der Waals surface area contributed by atoms with E-state index in [4.69, 9.17) is 5.73 Å². The zero-order valence-electron chi connectivity index (χ0n) is 14.5. The lowest BCUT2D eigenvalue weighted by Crippen LogP contribution is -2.40. The van der Waals surface area contributed by atoms with Crippen LogP contribution in [0.25, 0.3) is 0 Å². The molecule has 5 nitrogen and oxygen atoms in total. The normalized spacial score (nSPS) is 11.6. The topological polar surface area (TPSA) is 84.2 Å². The van der Waals surface area contributed by atoms with E-state index < -0.39 is 0 Å². The maximum absolute atomic E-state index is 12.3. The van der Waals surface area contributed by atoms with Gasteiger partial charge in [-0.05, 0) is 42.8 Å². The zero-order chi connectivity index (χ0) is 18.1. The molecule has 0 aliphatic carbocycles. The van der Waals surface area contributed by atoms with E-state index in [0.717, 1.165) is 19.3 Å². The second kappa shape index (κ2) is 9.59. The van der Waals surface area contributed by atoms with Crippen LogP contribution in [0.4, 0.5) is 5.69 Å². The first kappa shape index (κ1) is 18.7. The third-order valence-corrected chi connectivity index (χ3v) is 3.97. The third kappa shape index (κ3) is 5.72. The molecule has 1 unspecified atom stereocenters. The molecule has 4 N–H and O–H groups in total. The van der Waals surface area contributed by atoms with Crippen molar-refractivity contribution < 1.29 is 9.59 Å². The van der Waals surface area contributed by atoms with E-state index >= 15 is 0 Å². The molecule has 0 aliphatic rings. The minimum Gasteiger partial charge on any atom is -0.348 e.